The fourth-order valence-electron chi connectivity index (χ4n) is 3.10. The smallest absolute Gasteiger partial charge is 0.274 e. The van der Waals surface area contributed by atoms with Crippen molar-refractivity contribution in [3.63, 3.8) is 0 Å². The molecule has 0 spiro atoms. The quantitative estimate of drug-likeness (QED) is 0.734. The number of pyridine rings is 1. The fourth-order valence-corrected chi connectivity index (χ4v) is 3.92. The predicted octanol–water partition coefficient (Wildman–Crippen LogP) is 2.43. The van der Waals surface area contributed by atoms with Gasteiger partial charge in [-0.25, -0.2) is 9.97 Å². The summed E-state index contributed by atoms with van der Waals surface area (Å²) in [5, 5.41) is 5.21. The van der Waals surface area contributed by atoms with Gasteiger partial charge in [0.15, 0.2) is 5.69 Å². The van der Waals surface area contributed by atoms with Crippen LogP contribution in [0.4, 0.5) is 5.95 Å². The zero-order chi connectivity index (χ0) is 18.1. The summed E-state index contributed by atoms with van der Waals surface area (Å²) in [4.78, 5) is 28.0. The van der Waals surface area contributed by atoms with E-state index in [1.807, 2.05) is 30.5 Å². The largest absolute Gasteiger partial charge is 0.348 e. The fraction of sp³-hybridized carbons (Fsp3) is 0.333. The number of carbonyl (C=O) groups is 1. The molecule has 4 rings (SSSR count). The third-order valence-corrected chi connectivity index (χ3v) is 5.46. The van der Waals surface area contributed by atoms with Crippen LogP contribution in [0, 0.1) is 0 Å². The van der Waals surface area contributed by atoms with E-state index in [2.05, 4.69) is 20.3 Å². The zero-order valence-electron chi connectivity index (χ0n) is 14.4. The molecular formula is C18H20N6OS. The van der Waals surface area contributed by atoms with Gasteiger partial charge in [0.1, 0.15) is 0 Å². The molecule has 4 heterocycles. The van der Waals surface area contributed by atoms with Gasteiger partial charge < -0.3 is 16.0 Å². The van der Waals surface area contributed by atoms with E-state index < -0.39 is 0 Å². The summed E-state index contributed by atoms with van der Waals surface area (Å²) in [5.41, 5.74) is 8.20. The molecule has 8 heteroatoms. The third-order valence-electron chi connectivity index (χ3n) is 4.55. The van der Waals surface area contributed by atoms with Crippen LogP contribution in [0.2, 0.25) is 0 Å². The van der Waals surface area contributed by atoms with Crippen LogP contribution in [-0.4, -0.2) is 44.9 Å². The highest BCUT2D eigenvalue weighted by Gasteiger charge is 2.28. The maximum absolute atomic E-state index is 13.0. The number of anilines is 1. The SMILES string of the molecule is C[C@H](Nc1nc(C(=O)N2CC[C@@H](N)C2)c2sccc2n1)c1cccnc1. The molecule has 1 saturated heterocycles. The maximum Gasteiger partial charge on any atom is 0.274 e. The topological polar surface area (TPSA) is 97.0 Å². The summed E-state index contributed by atoms with van der Waals surface area (Å²) >= 11 is 1.48. The lowest BCUT2D eigenvalue weighted by atomic mass is 10.1. The van der Waals surface area contributed by atoms with Crippen LogP contribution in [0.3, 0.4) is 0 Å². The number of nitrogens with two attached hydrogens (primary N) is 1. The number of nitrogens with zero attached hydrogens (tertiary/aromatic N) is 4. The van der Waals surface area contributed by atoms with Gasteiger partial charge in [-0.15, -0.1) is 11.3 Å². The minimum atomic E-state index is -0.0788. The van der Waals surface area contributed by atoms with Gasteiger partial charge in [0.05, 0.1) is 16.3 Å². The molecular weight excluding hydrogens is 348 g/mol. The molecule has 0 saturated carbocycles. The number of fused-ring (bicyclic) bond motifs is 1. The Balaban J connectivity index is 1.65. The second-order valence-electron chi connectivity index (χ2n) is 6.48. The summed E-state index contributed by atoms with van der Waals surface area (Å²) in [7, 11) is 0. The van der Waals surface area contributed by atoms with Gasteiger partial charge >= 0.3 is 0 Å². The monoisotopic (exact) mass is 368 g/mol. The van der Waals surface area contributed by atoms with Crippen LogP contribution in [0.15, 0.2) is 36.0 Å². The first-order valence-electron chi connectivity index (χ1n) is 8.58. The molecule has 3 aromatic heterocycles. The van der Waals surface area contributed by atoms with Gasteiger partial charge in [-0.2, -0.15) is 0 Å². The lowest BCUT2D eigenvalue weighted by Gasteiger charge is -2.17. The van der Waals surface area contributed by atoms with Crippen molar-refractivity contribution in [2.45, 2.75) is 25.4 Å². The highest BCUT2D eigenvalue weighted by molar-refractivity contribution is 7.17. The first-order chi connectivity index (χ1) is 12.6. The van der Waals surface area contributed by atoms with E-state index in [1.54, 1.807) is 17.3 Å². The molecule has 0 radical (unpaired) electrons. The Morgan fingerprint density at radius 3 is 3.04 bits per heavy atom. The molecule has 0 aliphatic carbocycles. The summed E-state index contributed by atoms with van der Waals surface area (Å²) in [6, 6.07) is 5.81. The van der Waals surface area contributed by atoms with E-state index in [1.165, 1.54) is 11.3 Å². The van der Waals surface area contributed by atoms with E-state index in [0.29, 0.717) is 24.7 Å². The molecule has 1 amide bonds. The van der Waals surface area contributed by atoms with Gasteiger partial charge in [0.25, 0.3) is 5.91 Å². The number of carbonyl (C=O) groups excluding carboxylic acids is 1. The Morgan fingerprint density at radius 1 is 1.42 bits per heavy atom. The van der Waals surface area contributed by atoms with E-state index in [9.17, 15) is 4.79 Å². The molecule has 134 valence electrons. The molecule has 26 heavy (non-hydrogen) atoms. The Labute approximate surface area is 155 Å². The zero-order valence-corrected chi connectivity index (χ0v) is 15.2. The molecule has 2 atom stereocenters. The lowest BCUT2D eigenvalue weighted by Crippen LogP contribution is -2.32. The van der Waals surface area contributed by atoms with E-state index in [4.69, 9.17) is 5.73 Å². The molecule has 3 N–H and O–H groups in total. The van der Waals surface area contributed by atoms with Gasteiger partial charge in [-0.3, -0.25) is 9.78 Å². The molecule has 0 bridgehead atoms. The number of amides is 1. The maximum atomic E-state index is 13.0. The third kappa shape index (κ3) is 3.25. The number of hydrogen-bond acceptors (Lipinski definition) is 7. The number of likely N-dealkylation sites (tertiary alicyclic amines) is 1. The Bertz CT molecular complexity index is 928. The summed E-state index contributed by atoms with van der Waals surface area (Å²) < 4.78 is 0.815. The highest BCUT2D eigenvalue weighted by Crippen LogP contribution is 2.27. The van der Waals surface area contributed by atoms with E-state index >= 15 is 0 Å². The van der Waals surface area contributed by atoms with Crippen molar-refractivity contribution in [3.05, 3.63) is 47.2 Å². The van der Waals surface area contributed by atoms with Crippen LogP contribution in [0.5, 0.6) is 0 Å². The van der Waals surface area contributed by atoms with Crippen molar-refractivity contribution in [1.82, 2.24) is 19.9 Å². The van der Waals surface area contributed by atoms with Crippen LogP contribution >= 0.6 is 11.3 Å². The normalized spacial score (nSPS) is 18.2. The van der Waals surface area contributed by atoms with Crippen molar-refractivity contribution < 1.29 is 4.79 Å². The Morgan fingerprint density at radius 2 is 2.31 bits per heavy atom. The number of hydrogen-bond donors (Lipinski definition) is 2. The Kier molecular flexibility index (Phi) is 4.52. The van der Waals surface area contributed by atoms with Gasteiger partial charge in [0, 0.05) is 31.5 Å². The van der Waals surface area contributed by atoms with Crippen molar-refractivity contribution >= 4 is 33.4 Å². The van der Waals surface area contributed by atoms with Crippen LogP contribution in [0.1, 0.15) is 35.4 Å². The van der Waals surface area contributed by atoms with Gasteiger partial charge in [-0.05, 0) is 36.4 Å². The molecule has 3 aromatic rings. The number of rotatable bonds is 4. The van der Waals surface area contributed by atoms with Gasteiger partial charge in [0.2, 0.25) is 5.95 Å². The van der Waals surface area contributed by atoms with Crippen molar-refractivity contribution in [3.8, 4) is 0 Å². The summed E-state index contributed by atoms with van der Waals surface area (Å²) in [6.07, 6.45) is 4.37. The molecule has 1 aliphatic heterocycles. The minimum Gasteiger partial charge on any atom is -0.348 e. The molecule has 7 nitrogen and oxygen atoms in total. The molecule has 1 fully saturated rings. The first-order valence-corrected chi connectivity index (χ1v) is 9.46. The lowest BCUT2D eigenvalue weighted by molar-refractivity contribution is 0.0787. The standard InChI is InChI=1S/C18H20N6OS/c1-11(12-3-2-6-20-9-12)21-18-22-14-5-8-26-16(14)15(23-18)17(25)24-7-4-13(19)10-24/h2-3,5-6,8-9,11,13H,4,7,10,19H2,1H3,(H,21,22,23)/t11-,13+/m0/s1. The summed E-state index contributed by atoms with van der Waals surface area (Å²) in [6.45, 7) is 3.26. The number of thiophene rings is 1. The average Bonchev–Trinajstić information content (AvgIpc) is 3.30. The highest BCUT2D eigenvalue weighted by atomic mass is 32.1. The Hall–Kier alpha value is -2.58. The van der Waals surface area contributed by atoms with Crippen LogP contribution in [-0.2, 0) is 0 Å². The summed E-state index contributed by atoms with van der Waals surface area (Å²) in [5.74, 6) is 0.365. The van der Waals surface area contributed by atoms with Crippen molar-refractivity contribution in [1.29, 1.82) is 0 Å². The number of nitrogens with one attached hydrogen (secondary N) is 1. The van der Waals surface area contributed by atoms with Crippen LogP contribution in [0.25, 0.3) is 10.2 Å². The first kappa shape index (κ1) is 16.9. The molecule has 0 aromatic carbocycles. The van der Waals surface area contributed by atoms with Crippen molar-refractivity contribution in [2.24, 2.45) is 5.73 Å². The second kappa shape index (κ2) is 6.97. The van der Waals surface area contributed by atoms with Crippen LogP contribution < -0.4 is 11.1 Å². The van der Waals surface area contributed by atoms with Crippen molar-refractivity contribution in [2.75, 3.05) is 18.4 Å². The molecule has 0 unspecified atom stereocenters. The molecule has 1 aliphatic rings. The average molecular weight is 368 g/mol. The van der Waals surface area contributed by atoms with E-state index in [0.717, 1.165) is 22.2 Å². The second-order valence-corrected chi connectivity index (χ2v) is 7.40. The number of aromatic nitrogens is 3. The predicted molar refractivity (Wildman–Crippen MR) is 102 cm³/mol. The van der Waals surface area contributed by atoms with E-state index in [-0.39, 0.29) is 18.0 Å². The minimum absolute atomic E-state index is 0.0250. The van der Waals surface area contributed by atoms with Gasteiger partial charge in [-0.1, -0.05) is 6.07 Å².